The molecule has 11 heteroatoms. The van der Waals surface area contributed by atoms with Gasteiger partial charge in [0.1, 0.15) is 17.6 Å². The molecule has 4 rings (SSSR count). The first-order chi connectivity index (χ1) is 20.7. The lowest BCUT2D eigenvalue weighted by Crippen LogP contribution is -2.50. The highest BCUT2D eigenvalue weighted by Crippen LogP contribution is 2.29. The Morgan fingerprint density at radius 2 is 1.77 bits per heavy atom. The van der Waals surface area contributed by atoms with Crippen molar-refractivity contribution in [2.75, 3.05) is 44.5 Å². The minimum Gasteiger partial charge on any atom is -0.497 e. The zero-order valence-corrected chi connectivity index (χ0v) is 25.6. The topological polar surface area (TPSA) is 132 Å². The summed E-state index contributed by atoms with van der Waals surface area (Å²) in [6, 6.07) is 11.4. The smallest absolute Gasteiger partial charge is 0.323 e. The minimum absolute atomic E-state index is 0.0345. The van der Waals surface area contributed by atoms with Gasteiger partial charge in [-0.3, -0.25) is 4.79 Å². The van der Waals surface area contributed by atoms with E-state index in [0.29, 0.717) is 41.5 Å². The van der Waals surface area contributed by atoms with Crippen LogP contribution in [0.2, 0.25) is 0 Å². The first-order valence-corrected chi connectivity index (χ1v) is 15.1. The number of anilines is 2. The number of hydrogen-bond acceptors (Lipinski definition) is 6. The number of methoxy groups -OCH3 is 1. The van der Waals surface area contributed by atoms with Crippen LogP contribution in [0.3, 0.4) is 0 Å². The molecule has 4 N–H and O–H groups in total. The fraction of sp³-hybridized carbons (Fsp3) is 0.531. The number of nitrogens with zero attached hydrogens (tertiary/aromatic N) is 2. The first kappa shape index (κ1) is 31.9. The second-order valence-electron chi connectivity index (χ2n) is 11.7. The van der Waals surface area contributed by atoms with Gasteiger partial charge in [0.25, 0.3) is 0 Å². The quantitative estimate of drug-likeness (QED) is 0.356. The molecule has 1 aliphatic carbocycles. The number of rotatable bonds is 8. The van der Waals surface area contributed by atoms with E-state index < -0.39 is 12.1 Å². The lowest BCUT2D eigenvalue weighted by molar-refractivity contribution is -0.134. The molecule has 0 aromatic heterocycles. The van der Waals surface area contributed by atoms with Crippen LogP contribution < -0.4 is 25.4 Å². The van der Waals surface area contributed by atoms with Gasteiger partial charge in [0.15, 0.2) is 0 Å². The summed E-state index contributed by atoms with van der Waals surface area (Å²) in [6.07, 6.45) is 5.06. The Morgan fingerprint density at radius 3 is 2.44 bits per heavy atom. The average molecular weight is 596 g/mol. The minimum atomic E-state index is -0.437. The zero-order chi connectivity index (χ0) is 30.9. The number of hydrogen-bond donors (Lipinski definition) is 4. The highest BCUT2D eigenvalue weighted by atomic mass is 16.5. The molecule has 2 aromatic carbocycles. The van der Waals surface area contributed by atoms with E-state index in [1.54, 1.807) is 66.4 Å². The van der Waals surface area contributed by atoms with Crippen LogP contribution in [-0.2, 0) is 11.2 Å². The van der Waals surface area contributed by atoms with Crippen molar-refractivity contribution in [3.8, 4) is 11.5 Å². The maximum atomic E-state index is 13.5. The maximum Gasteiger partial charge on any atom is 0.323 e. The van der Waals surface area contributed by atoms with Crippen molar-refractivity contribution in [1.29, 1.82) is 0 Å². The number of likely N-dealkylation sites (N-methyl/N-ethyl adjacent to an activating group) is 1. The van der Waals surface area contributed by atoms with Crippen molar-refractivity contribution in [3.05, 3.63) is 48.0 Å². The predicted molar refractivity (Wildman–Crippen MR) is 166 cm³/mol. The van der Waals surface area contributed by atoms with Crippen LogP contribution in [-0.4, -0.2) is 84.9 Å². The van der Waals surface area contributed by atoms with Gasteiger partial charge in [-0.15, -0.1) is 0 Å². The lowest BCUT2D eigenvalue weighted by atomic mass is 9.96. The summed E-state index contributed by atoms with van der Waals surface area (Å²) in [5.74, 6) is 0.913. The average Bonchev–Trinajstić information content (AvgIpc) is 3.04. The number of benzene rings is 2. The van der Waals surface area contributed by atoms with Crippen molar-refractivity contribution >= 4 is 29.3 Å². The van der Waals surface area contributed by atoms with Crippen molar-refractivity contribution in [1.82, 2.24) is 15.1 Å². The highest BCUT2D eigenvalue weighted by Gasteiger charge is 2.32. The number of nitrogens with one attached hydrogen (secondary N) is 3. The fourth-order valence-electron chi connectivity index (χ4n) is 5.58. The standard InChI is InChI=1S/C32H45N5O6/c1-21-18-37(22(2)20-38)30(39)17-23-16-26(34-31(40)33-25-10-13-27(42-4)14-11-25)12-15-28(23)43-29(21)19-36(3)32(41)35-24-8-6-5-7-9-24/h10-16,21-22,24,29,38H,5-9,17-20H2,1-4H3,(H,35,41)(H2,33,34,40)/t21-,22+,29-/m1/s1. The van der Waals surface area contributed by atoms with Crippen LogP contribution in [0.15, 0.2) is 42.5 Å². The molecule has 1 heterocycles. The second-order valence-corrected chi connectivity index (χ2v) is 11.7. The third-order valence-electron chi connectivity index (χ3n) is 8.26. The van der Waals surface area contributed by atoms with E-state index in [-0.39, 0.29) is 43.0 Å². The van der Waals surface area contributed by atoms with Gasteiger partial charge in [0.05, 0.1) is 32.7 Å². The van der Waals surface area contributed by atoms with Gasteiger partial charge in [0, 0.05) is 42.5 Å². The summed E-state index contributed by atoms with van der Waals surface area (Å²) in [5, 5.41) is 18.7. The van der Waals surface area contributed by atoms with Crippen molar-refractivity contribution < 1.29 is 29.0 Å². The molecule has 2 aliphatic rings. The van der Waals surface area contributed by atoms with Gasteiger partial charge >= 0.3 is 12.1 Å². The van der Waals surface area contributed by atoms with Crippen LogP contribution in [0.25, 0.3) is 0 Å². The van der Waals surface area contributed by atoms with E-state index in [2.05, 4.69) is 16.0 Å². The van der Waals surface area contributed by atoms with E-state index in [9.17, 15) is 19.5 Å². The molecule has 0 spiro atoms. The second kappa shape index (κ2) is 15.0. The molecule has 3 atom stereocenters. The summed E-state index contributed by atoms with van der Waals surface area (Å²) >= 11 is 0. The van der Waals surface area contributed by atoms with Gasteiger partial charge in [-0.2, -0.15) is 0 Å². The van der Waals surface area contributed by atoms with Crippen molar-refractivity contribution in [2.24, 2.45) is 5.92 Å². The number of ether oxygens (including phenoxy) is 2. The molecular weight excluding hydrogens is 550 g/mol. The Hall–Kier alpha value is -3.99. The molecule has 0 radical (unpaired) electrons. The van der Waals surface area contributed by atoms with Crippen LogP contribution in [0, 0.1) is 5.92 Å². The van der Waals surface area contributed by atoms with E-state index in [1.807, 2.05) is 13.8 Å². The predicted octanol–water partition coefficient (Wildman–Crippen LogP) is 4.46. The van der Waals surface area contributed by atoms with Crippen LogP contribution in [0.5, 0.6) is 11.5 Å². The number of amides is 5. The molecule has 11 nitrogen and oxygen atoms in total. The summed E-state index contributed by atoms with van der Waals surface area (Å²) in [6.45, 7) is 4.32. The van der Waals surface area contributed by atoms with Crippen molar-refractivity contribution in [3.63, 3.8) is 0 Å². The number of aliphatic hydroxyl groups is 1. The SMILES string of the molecule is COc1ccc(NC(=O)Nc2ccc3c(c2)CC(=O)N([C@@H](C)CO)C[C@@H](C)[C@@H](CN(C)C(=O)NC2CCCCC2)O3)cc1. The number of carbonyl (C=O) groups excluding carboxylic acids is 3. The Balaban J connectivity index is 1.52. The Kier molecular flexibility index (Phi) is 11.1. The third-order valence-corrected chi connectivity index (χ3v) is 8.26. The van der Waals surface area contributed by atoms with Gasteiger partial charge in [-0.1, -0.05) is 26.2 Å². The van der Waals surface area contributed by atoms with Crippen LogP contribution in [0.1, 0.15) is 51.5 Å². The molecule has 1 aliphatic heterocycles. The van der Waals surface area contributed by atoms with Gasteiger partial charge in [-0.05, 0) is 62.2 Å². The number of aliphatic hydroxyl groups excluding tert-OH is 1. The molecule has 0 unspecified atom stereocenters. The van der Waals surface area contributed by atoms with Crippen LogP contribution in [0.4, 0.5) is 21.0 Å². The molecule has 1 fully saturated rings. The Bertz CT molecular complexity index is 1250. The first-order valence-electron chi connectivity index (χ1n) is 15.1. The highest BCUT2D eigenvalue weighted by molar-refractivity contribution is 6.00. The van der Waals surface area contributed by atoms with Gasteiger partial charge in [0.2, 0.25) is 5.91 Å². The molecular formula is C32H45N5O6. The molecule has 2 aromatic rings. The summed E-state index contributed by atoms with van der Waals surface area (Å²) in [5.41, 5.74) is 1.70. The number of carbonyl (C=O) groups is 3. The van der Waals surface area contributed by atoms with E-state index in [1.165, 1.54) is 6.42 Å². The number of fused-ring (bicyclic) bond motifs is 1. The molecule has 1 saturated carbocycles. The fourth-order valence-corrected chi connectivity index (χ4v) is 5.58. The summed E-state index contributed by atoms with van der Waals surface area (Å²) in [4.78, 5) is 42.6. The largest absolute Gasteiger partial charge is 0.497 e. The lowest BCUT2D eigenvalue weighted by Gasteiger charge is -2.34. The third kappa shape index (κ3) is 8.76. The summed E-state index contributed by atoms with van der Waals surface area (Å²) in [7, 11) is 3.33. The molecule has 0 bridgehead atoms. The normalized spacial score (nSPS) is 19.9. The van der Waals surface area contributed by atoms with Gasteiger partial charge < -0.3 is 40.3 Å². The van der Waals surface area contributed by atoms with Crippen LogP contribution >= 0.6 is 0 Å². The molecule has 234 valence electrons. The molecule has 0 saturated heterocycles. The monoisotopic (exact) mass is 595 g/mol. The van der Waals surface area contributed by atoms with E-state index in [4.69, 9.17) is 9.47 Å². The molecule has 43 heavy (non-hydrogen) atoms. The molecule has 5 amide bonds. The van der Waals surface area contributed by atoms with Crippen molar-refractivity contribution in [2.45, 2.75) is 70.6 Å². The summed E-state index contributed by atoms with van der Waals surface area (Å²) < 4.78 is 11.7. The Morgan fingerprint density at radius 1 is 1.09 bits per heavy atom. The zero-order valence-electron chi connectivity index (χ0n) is 25.6. The number of urea groups is 2. The van der Waals surface area contributed by atoms with Gasteiger partial charge in [-0.25, -0.2) is 9.59 Å². The van der Waals surface area contributed by atoms with E-state index >= 15 is 0 Å². The Labute approximate surface area is 253 Å². The maximum absolute atomic E-state index is 13.5. The van der Waals surface area contributed by atoms with E-state index in [0.717, 1.165) is 25.7 Å².